The monoisotopic (exact) mass is 324 g/mol. The summed E-state index contributed by atoms with van der Waals surface area (Å²) >= 11 is 0. The lowest BCUT2D eigenvalue weighted by Crippen LogP contribution is -2.46. The van der Waals surface area contributed by atoms with Gasteiger partial charge in [0.1, 0.15) is 5.69 Å². The van der Waals surface area contributed by atoms with Crippen LogP contribution in [0.2, 0.25) is 0 Å². The maximum atomic E-state index is 11.7. The van der Waals surface area contributed by atoms with E-state index in [1.165, 1.54) is 18.5 Å². The van der Waals surface area contributed by atoms with Crippen LogP contribution < -0.4 is 16.1 Å². The number of aromatic amines is 1. The normalized spacial score (nSPS) is 16.6. The quantitative estimate of drug-likeness (QED) is 0.470. The number of rotatable bonds is 5. The van der Waals surface area contributed by atoms with Crippen LogP contribution >= 0.6 is 0 Å². The molecule has 0 unspecified atom stereocenters. The second-order valence-electron chi connectivity index (χ2n) is 5.15. The highest BCUT2D eigenvalue weighted by Gasteiger charge is 2.18. The summed E-state index contributed by atoms with van der Waals surface area (Å²) < 4.78 is 5.20. The minimum Gasteiger partial charge on any atom is -0.390 e. The first-order valence-corrected chi connectivity index (χ1v) is 7.30. The van der Waals surface area contributed by atoms with E-state index in [2.05, 4.69) is 15.6 Å². The molecule has 0 radical (unpaired) electrons. The van der Waals surface area contributed by atoms with Crippen LogP contribution in [-0.4, -0.2) is 72.3 Å². The molecule has 0 saturated carbocycles. The number of nitrogens with zero attached hydrogens (tertiary/aromatic N) is 1. The zero-order valence-electron chi connectivity index (χ0n) is 12.6. The molecule has 4 N–H and O–H groups in total. The standard InChI is InChI=1S/C14H20N4O5/c19-10(9-18-3-5-23-6-4-18)7-16-13(21)14(22)17-11-8-15-2-1-12(11)20/h1-2,8,10,19H,3-7,9H2,(H,15,20)(H,16,21)(H,17,22)/t10-/m1/s1. The number of carbonyl (C=O) groups is 2. The minimum absolute atomic E-state index is 0.0125. The van der Waals surface area contributed by atoms with E-state index in [0.717, 1.165) is 13.1 Å². The molecule has 0 bridgehead atoms. The smallest absolute Gasteiger partial charge is 0.313 e. The van der Waals surface area contributed by atoms with E-state index in [0.29, 0.717) is 19.8 Å². The maximum Gasteiger partial charge on any atom is 0.313 e. The summed E-state index contributed by atoms with van der Waals surface area (Å²) in [7, 11) is 0. The number of anilines is 1. The number of morpholine rings is 1. The molecule has 2 amide bonds. The lowest BCUT2D eigenvalue weighted by molar-refractivity contribution is -0.136. The molecule has 0 spiro atoms. The Balaban J connectivity index is 1.74. The topological polar surface area (TPSA) is 124 Å². The molecular formula is C14H20N4O5. The molecule has 1 saturated heterocycles. The second kappa shape index (κ2) is 8.42. The number of carbonyl (C=O) groups excluding carboxylic acids is 2. The van der Waals surface area contributed by atoms with Crippen LogP contribution in [0.5, 0.6) is 0 Å². The highest BCUT2D eigenvalue weighted by molar-refractivity contribution is 6.39. The zero-order chi connectivity index (χ0) is 16.7. The van der Waals surface area contributed by atoms with Crippen molar-refractivity contribution in [1.82, 2.24) is 15.2 Å². The fraction of sp³-hybridized carbons (Fsp3) is 0.500. The van der Waals surface area contributed by atoms with Gasteiger partial charge >= 0.3 is 11.8 Å². The van der Waals surface area contributed by atoms with Crippen molar-refractivity contribution in [2.24, 2.45) is 0 Å². The molecule has 1 aromatic rings. The van der Waals surface area contributed by atoms with Crippen molar-refractivity contribution in [2.45, 2.75) is 6.10 Å². The third kappa shape index (κ3) is 5.47. The van der Waals surface area contributed by atoms with Gasteiger partial charge in [-0.05, 0) is 0 Å². The molecule has 0 aromatic carbocycles. The predicted molar refractivity (Wildman–Crippen MR) is 82.0 cm³/mol. The van der Waals surface area contributed by atoms with Crippen LogP contribution in [0.25, 0.3) is 0 Å². The van der Waals surface area contributed by atoms with Gasteiger partial charge in [-0.15, -0.1) is 0 Å². The van der Waals surface area contributed by atoms with E-state index in [-0.39, 0.29) is 12.2 Å². The van der Waals surface area contributed by atoms with Crippen molar-refractivity contribution in [3.05, 3.63) is 28.7 Å². The summed E-state index contributed by atoms with van der Waals surface area (Å²) in [6, 6.07) is 1.24. The molecule has 1 aliphatic heterocycles. The van der Waals surface area contributed by atoms with Gasteiger partial charge in [0.05, 0.1) is 19.3 Å². The number of aromatic nitrogens is 1. The lowest BCUT2D eigenvalue weighted by Gasteiger charge is -2.28. The molecule has 23 heavy (non-hydrogen) atoms. The molecule has 9 nitrogen and oxygen atoms in total. The number of aliphatic hydroxyl groups is 1. The van der Waals surface area contributed by atoms with Crippen molar-refractivity contribution < 1.29 is 19.4 Å². The molecule has 126 valence electrons. The minimum atomic E-state index is -0.958. The third-order valence-electron chi connectivity index (χ3n) is 3.35. The summed E-state index contributed by atoms with van der Waals surface area (Å²) in [4.78, 5) is 39.5. The third-order valence-corrected chi connectivity index (χ3v) is 3.35. The molecule has 1 atom stereocenters. The van der Waals surface area contributed by atoms with Gasteiger partial charge in [0.15, 0.2) is 0 Å². The molecular weight excluding hydrogens is 304 g/mol. The number of amides is 2. The Morgan fingerprint density at radius 3 is 2.78 bits per heavy atom. The molecule has 1 aromatic heterocycles. The first kappa shape index (κ1) is 17.1. The number of hydrogen-bond donors (Lipinski definition) is 4. The van der Waals surface area contributed by atoms with Crippen LogP contribution in [0.3, 0.4) is 0 Å². The van der Waals surface area contributed by atoms with Gasteiger partial charge in [0.2, 0.25) is 5.43 Å². The fourth-order valence-corrected chi connectivity index (χ4v) is 2.13. The van der Waals surface area contributed by atoms with Crippen molar-refractivity contribution in [3.63, 3.8) is 0 Å². The van der Waals surface area contributed by atoms with Gasteiger partial charge in [0, 0.05) is 44.6 Å². The average Bonchev–Trinajstić information content (AvgIpc) is 2.55. The van der Waals surface area contributed by atoms with E-state index in [9.17, 15) is 19.5 Å². The first-order chi connectivity index (χ1) is 11.1. The van der Waals surface area contributed by atoms with Crippen molar-refractivity contribution in [1.29, 1.82) is 0 Å². The Labute approximate surface area is 132 Å². The first-order valence-electron chi connectivity index (χ1n) is 7.30. The van der Waals surface area contributed by atoms with Crippen LogP contribution in [-0.2, 0) is 14.3 Å². The summed E-state index contributed by atoms with van der Waals surface area (Å²) in [6.07, 6.45) is 1.92. The second-order valence-corrected chi connectivity index (χ2v) is 5.15. The van der Waals surface area contributed by atoms with Crippen LogP contribution in [0.1, 0.15) is 0 Å². The summed E-state index contributed by atoms with van der Waals surface area (Å²) in [5.41, 5.74) is -0.418. The Kier molecular flexibility index (Phi) is 6.27. The number of nitrogens with one attached hydrogen (secondary N) is 3. The van der Waals surface area contributed by atoms with Crippen LogP contribution in [0, 0.1) is 0 Å². The summed E-state index contributed by atoms with van der Waals surface area (Å²) in [5, 5.41) is 14.4. The van der Waals surface area contributed by atoms with Crippen LogP contribution in [0.4, 0.5) is 5.69 Å². The Morgan fingerprint density at radius 2 is 2.09 bits per heavy atom. The van der Waals surface area contributed by atoms with Gasteiger partial charge in [-0.2, -0.15) is 0 Å². The number of pyridine rings is 1. The molecule has 2 rings (SSSR count). The summed E-state index contributed by atoms with van der Waals surface area (Å²) in [5.74, 6) is -1.87. The Hall–Kier alpha value is -2.23. The van der Waals surface area contributed by atoms with Gasteiger partial charge < -0.3 is 25.5 Å². The van der Waals surface area contributed by atoms with E-state index in [1.54, 1.807) is 0 Å². The number of hydrogen-bond acceptors (Lipinski definition) is 6. The van der Waals surface area contributed by atoms with E-state index in [1.807, 2.05) is 4.90 Å². The zero-order valence-corrected chi connectivity index (χ0v) is 12.6. The molecule has 1 fully saturated rings. The van der Waals surface area contributed by atoms with Gasteiger partial charge in [0.25, 0.3) is 0 Å². The number of H-pyrrole nitrogens is 1. The number of aliphatic hydroxyl groups excluding tert-OH is 1. The lowest BCUT2D eigenvalue weighted by atomic mass is 10.3. The van der Waals surface area contributed by atoms with Gasteiger partial charge in [-0.25, -0.2) is 0 Å². The molecule has 1 aliphatic rings. The van der Waals surface area contributed by atoms with Crippen molar-refractivity contribution >= 4 is 17.5 Å². The van der Waals surface area contributed by atoms with Crippen LogP contribution in [0.15, 0.2) is 23.3 Å². The van der Waals surface area contributed by atoms with Gasteiger partial charge in [-0.3, -0.25) is 19.3 Å². The Morgan fingerprint density at radius 1 is 1.35 bits per heavy atom. The van der Waals surface area contributed by atoms with Gasteiger partial charge in [-0.1, -0.05) is 0 Å². The summed E-state index contributed by atoms with van der Waals surface area (Å²) in [6.45, 7) is 3.03. The number of ether oxygens (including phenoxy) is 1. The highest BCUT2D eigenvalue weighted by Crippen LogP contribution is 1.98. The molecule has 0 aliphatic carbocycles. The predicted octanol–water partition coefficient (Wildman–Crippen LogP) is -1.88. The van der Waals surface area contributed by atoms with E-state index < -0.39 is 23.3 Å². The van der Waals surface area contributed by atoms with Crippen molar-refractivity contribution in [2.75, 3.05) is 44.7 Å². The SMILES string of the molecule is O=C(NC[C@@H](O)CN1CCOCC1)C(=O)Nc1c[nH]ccc1=O. The fourth-order valence-electron chi connectivity index (χ4n) is 2.13. The Bertz CT molecular complexity index is 597. The van der Waals surface area contributed by atoms with E-state index in [4.69, 9.17) is 4.74 Å². The maximum absolute atomic E-state index is 11.7. The molecule has 9 heteroatoms. The molecule has 2 heterocycles. The average molecular weight is 324 g/mol. The highest BCUT2D eigenvalue weighted by atomic mass is 16.5. The van der Waals surface area contributed by atoms with Crippen molar-refractivity contribution in [3.8, 4) is 0 Å². The largest absolute Gasteiger partial charge is 0.390 e. The van der Waals surface area contributed by atoms with E-state index >= 15 is 0 Å². The number of β-amino-alcohol motifs (C(OH)–C–C–N with tert-alkyl or cyclic N) is 1.